The quantitative estimate of drug-likeness (QED) is 0.547. The zero-order valence-electron chi connectivity index (χ0n) is 7.53. The standard InChI is InChI=1S/C10H16O2/c1-6-4-7-9(5-6)12-8-2-3-11-10(7)8/h6-10H,2-5H2,1H3/t6-,7+,8-,9-,10-/m1/s1. The normalized spacial score (nSPS) is 57.2. The molecule has 0 aromatic heterocycles. The maximum atomic E-state index is 5.95. The van der Waals surface area contributed by atoms with E-state index in [1.807, 2.05) is 0 Å². The average molecular weight is 168 g/mol. The van der Waals surface area contributed by atoms with Gasteiger partial charge < -0.3 is 9.47 Å². The molecule has 0 amide bonds. The van der Waals surface area contributed by atoms with Crippen LogP contribution in [0.2, 0.25) is 0 Å². The molecule has 3 aliphatic rings. The first-order chi connectivity index (χ1) is 5.84. The number of hydrogen-bond donors (Lipinski definition) is 0. The van der Waals surface area contributed by atoms with Gasteiger partial charge in [0.1, 0.15) is 0 Å². The monoisotopic (exact) mass is 168 g/mol. The van der Waals surface area contributed by atoms with Crippen LogP contribution in [0.3, 0.4) is 0 Å². The highest BCUT2D eigenvalue weighted by Gasteiger charge is 2.51. The number of rotatable bonds is 0. The van der Waals surface area contributed by atoms with Crippen molar-refractivity contribution in [1.29, 1.82) is 0 Å². The second kappa shape index (κ2) is 2.46. The summed E-state index contributed by atoms with van der Waals surface area (Å²) in [6, 6.07) is 0. The van der Waals surface area contributed by atoms with Crippen LogP contribution in [0.5, 0.6) is 0 Å². The molecule has 12 heavy (non-hydrogen) atoms. The highest BCUT2D eigenvalue weighted by Crippen LogP contribution is 2.46. The van der Waals surface area contributed by atoms with E-state index in [1.54, 1.807) is 0 Å². The molecule has 1 aliphatic carbocycles. The van der Waals surface area contributed by atoms with E-state index >= 15 is 0 Å². The van der Waals surface area contributed by atoms with Crippen LogP contribution in [0.4, 0.5) is 0 Å². The Morgan fingerprint density at radius 1 is 1.17 bits per heavy atom. The van der Waals surface area contributed by atoms with Crippen LogP contribution in [0.1, 0.15) is 26.2 Å². The van der Waals surface area contributed by atoms with Crippen LogP contribution in [0.15, 0.2) is 0 Å². The highest BCUT2D eigenvalue weighted by atomic mass is 16.6. The lowest BCUT2D eigenvalue weighted by atomic mass is 9.97. The summed E-state index contributed by atoms with van der Waals surface area (Å²) >= 11 is 0. The summed E-state index contributed by atoms with van der Waals surface area (Å²) in [6.07, 6.45) is 5.17. The Balaban J connectivity index is 1.80. The maximum absolute atomic E-state index is 5.95. The van der Waals surface area contributed by atoms with Crippen LogP contribution >= 0.6 is 0 Å². The summed E-state index contributed by atoms with van der Waals surface area (Å²) < 4.78 is 11.7. The summed E-state index contributed by atoms with van der Waals surface area (Å²) in [7, 11) is 0. The van der Waals surface area contributed by atoms with Gasteiger partial charge >= 0.3 is 0 Å². The van der Waals surface area contributed by atoms with Gasteiger partial charge in [-0.3, -0.25) is 0 Å². The predicted molar refractivity (Wildman–Crippen MR) is 44.9 cm³/mol. The van der Waals surface area contributed by atoms with Crippen molar-refractivity contribution in [3.8, 4) is 0 Å². The number of ether oxygens (including phenoxy) is 2. The fourth-order valence-electron chi connectivity index (χ4n) is 3.15. The smallest absolute Gasteiger partial charge is 0.0890 e. The average Bonchev–Trinajstić information content (AvgIpc) is 2.59. The molecule has 2 aliphatic heterocycles. The van der Waals surface area contributed by atoms with Crippen LogP contribution in [-0.4, -0.2) is 24.9 Å². The minimum atomic E-state index is 0.451. The van der Waals surface area contributed by atoms with E-state index in [-0.39, 0.29) is 0 Å². The van der Waals surface area contributed by atoms with Crippen molar-refractivity contribution >= 4 is 0 Å². The fraction of sp³-hybridized carbons (Fsp3) is 1.00. The van der Waals surface area contributed by atoms with Crippen LogP contribution in [-0.2, 0) is 9.47 Å². The topological polar surface area (TPSA) is 18.5 Å². The van der Waals surface area contributed by atoms with Crippen LogP contribution in [0, 0.1) is 11.8 Å². The lowest BCUT2D eigenvalue weighted by Gasteiger charge is -2.13. The molecule has 3 fully saturated rings. The minimum Gasteiger partial charge on any atom is -0.375 e. The molecule has 0 bridgehead atoms. The van der Waals surface area contributed by atoms with Gasteiger partial charge in [-0.2, -0.15) is 0 Å². The molecule has 2 saturated heterocycles. The van der Waals surface area contributed by atoms with Crippen molar-refractivity contribution in [2.24, 2.45) is 11.8 Å². The zero-order valence-corrected chi connectivity index (χ0v) is 7.53. The molecule has 1 saturated carbocycles. The lowest BCUT2D eigenvalue weighted by Crippen LogP contribution is -2.22. The lowest BCUT2D eigenvalue weighted by molar-refractivity contribution is 0.0332. The van der Waals surface area contributed by atoms with Gasteiger partial charge in [-0.15, -0.1) is 0 Å². The molecule has 0 aromatic rings. The van der Waals surface area contributed by atoms with E-state index in [4.69, 9.17) is 9.47 Å². The van der Waals surface area contributed by atoms with Gasteiger partial charge in [-0.1, -0.05) is 6.92 Å². The Kier molecular flexibility index (Phi) is 1.50. The van der Waals surface area contributed by atoms with Crippen molar-refractivity contribution in [1.82, 2.24) is 0 Å². The summed E-state index contributed by atoms with van der Waals surface area (Å²) in [5.74, 6) is 1.58. The van der Waals surface area contributed by atoms with E-state index in [0.29, 0.717) is 18.3 Å². The summed E-state index contributed by atoms with van der Waals surface area (Å²) in [4.78, 5) is 0. The van der Waals surface area contributed by atoms with Gasteiger partial charge in [0.25, 0.3) is 0 Å². The summed E-state index contributed by atoms with van der Waals surface area (Å²) in [5, 5.41) is 0. The third-order valence-corrected chi connectivity index (χ3v) is 3.64. The van der Waals surface area contributed by atoms with E-state index < -0.39 is 0 Å². The van der Waals surface area contributed by atoms with Crippen LogP contribution in [0.25, 0.3) is 0 Å². The van der Waals surface area contributed by atoms with E-state index in [9.17, 15) is 0 Å². The Morgan fingerprint density at radius 3 is 3.00 bits per heavy atom. The van der Waals surface area contributed by atoms with Gasteiger partial charge in [0.15, 0.2) is 0 Å². The first-order valence-electron chi connectivity index (χ1n) is 5.11. The van der Waals surface area contributed by atoms with E-state index in [1.165, 1.54) is 12.8 Å². The first-order valence-corrected chi connectivity index (χ1v) is 5.11. The molecule has 5 atom stereocenters. The third kappa shape index (κ3) is 0.882. The second-order valence-corrected chi connectivity index (χ2v) is 4.58. The molecule has 0 radical (unpaired) electrons. The molecule has 0 N–H and O–H groups in total. The Hall–Kier alpha value is -0.0800. The van der Waals surface area contributed by atoms with Gasteiger partial charge in [0, 0.05) is 12.5 Å². The molecule has 0 unspecified atom stereocenters. The van der Waals surface area contributed by atoms with Crippen LogP contribution < -0.4 is 0 Å². The highest BCUT2D eigenvalue weighted by molar-refractivity contribution is 4.99. The third-order valence-electron chi connectivity index (χ3n) is 3.64. The van der Waals surface area contributed by atoms with E-state index in [0.717, 1.165) is 24.9 Å². The number of fused-ring (bicyclic) bond motifs is 3. The molecule has 3 rings (SSSR count). The SMILES string of the molecule is C[C@@H]1C[C@@H]2[C@H]3OCC[C@H]3O[C@@H]2C1. The predicted octanol–water partition coefficient (Wildman–Crippen LogP) is 1.59. The Labute approximate surface area is 73.2 Å². The molecular weight excluding hydrogens is 152 g/mol. The maximum Gasteiger partial charge on any atom is 0.0890 e. The largest absolute Gasteiger partial charge is 0.375 e. The summed E-state index contributed by atoms with van der Waals surface area (Å²) in [6.45, 7) is 3.25. The molecule has 2 heterocycles. The van der Waals surface area contributed by atoms with Gasteiger partial charge in [-0.25, -0.2) is 0 Å². The molecule has 0 aromatic carbocycles. The van der Waals surface area contributed by atoms with Gasteiger partial charge in [0.2, 0.25) is 0 Å². The molecular formula is C10H16O2. The fourth-order valence-corrected chi connectivity index (χ4v) is 3.15. The first kappa shape index (κ1) is 7.34. The molecule has 2 heteroatoms. The minimum absolute atomic E-state index is 0.451. The number of hydrogen-bond acceptors (Lipinski definition) is 2. The van der Waals surface area contributed by atoms with Gasteiger partial charge in [0.05, 0.1) is 18.3 Å². The Bertz CT molecular complexity index is 192. The van der Waals surface area contributed by atoms with Crippen molar-refractivity contribution < 1.29 is 9.47 Å². The van der Waals surface area contributed by atoms with Gasteiger partial charge in [-0.05, 0) is 25.2 Å². The molecule has 68 valence electrons. The van der Waals surface area contributed by atoms with Crippen molar-refractivity contribution in [3.05, 3.63) is 0 Å². The molecule has 2 nitrogen and oxygen atoms in total. The zero-order chi connectivity index (χ0) is 8.13. The molecule has 0 spiro atoms. The van der Waals surface area contributed by atoms with Crippen molar-refractivity contribution in [3.63, 3.8) is 0 Å². The van der Waals surface area contributed by atoms with E-state index in [2.05, 4.69) is 6.92 Å². The Morgan fingerprint density at radius 2 is 2.08 bits per heavy atom. The summed E-state index contributed by atoms with van der Waals surface area (Å²) in [5.41, 5.74) is 0. The van der Waals surface area contributed by atoms with Crippen molar-refractivity contribution in [2.75, 3.05) is 6.61 Å². The van der Waals surface area contributed by atoms with Crippen molar-refractivity contribution in [2.45, 2.75) is 44.5 Å². The second-order valence-electron chi connectivity index (χ2n) is 4.58.